The summed E-state index contributed by atoms with van der Waals surface area (Å²) >= 11 is 3.39. The van der Waals surface area contributed by atoms with E-state index in [2.05, 4.69) is 15.9 Å². The van der Waals surface area contributed by atoms with Gasteiger partial charge in [0.05, 0.1) is 14.2 Å². The monoisotopic (exact) mass is 336 g/mol. The van der Waals surface area contributed by atoms with E-state index in [0.29, 0.717) is 11.5 Å². The fraction of sp³-hybridized carbons (Fsp3) is 0.250. The van der Waals surface area contributed by atoms with Gasteiger partial charge in [-0.25, -0.2) is 0 Å². The van der Waals surface area contributed by atoms with Gasteiger partial charge < -0.3 is 14.6 Å². The number of methoxy groups -OCH3 is 2. The molecular weight excluding hydrogens is 320 g/mol. The Balaban J connectivity index is 2.45. The standard InChI is InChI=1S/C16H17BrO3/c1-16(18,11-4-7-13(17)8-5-11)12-6-9-14(19-2)15(10-12)20-3/h4-10,18H,1-3H3. The van der Waals surface area contributed by atoms with Crippen LogP contribution in [0.3, 0.4) is 0 Å². The molecule has 0 aliphatic carbocycles. The molecule has 2 aromatic rings. The maximum absolute atomic E-state index is 10.8. The van der Waals surface area contributed by atoms with E-state index >= 15 is 0 Å². The minimum atomic E-state index is -1.10. The van der Waals surface area contributed by atoms with Gasteiger partial charge in [0.2, 0.25) is 0 Å². The summed E-state index contributed by atoms with van der Waals surface area (Å²) in [7, 11) is 3.17. The van der Waals surface area contributed by atoms with Gasteiger partial charge in [-0.15, -0.1) is 0 Å². The molecule has 0 amide bonds. The molecule has 0 bridgehead atoms. The van der Waals surface area contributed by atoms with E-state index in [-0.39, 0.29) is 0 Å². The summed E-state index contributed by atoms with van der Waals surface area (Å²) < 4.78 is 11.5. The largest absolute Gasteiger partial charge is 0.493 e. The molecule has 0 saturated heterocycles. The number of halogens is 1. The second-order valence-electron chi connectivity index (χ2n) is 4.65. The molecule has 0 fully saturated rings. The molecule has 0 aromatic heterocycles. The third-order valence-electron chi connectivity index (χ3n) is 3.35. The molecule has 1 N–H and O–H groups in total. The lowest BCUT2D eigenvalue weighted by Gasteiger charge is -2.25. The van der Waals surface area contributed by atoms with E-state index in [1.807, 2.05) is 30.3 Å². The van der Waals surface area contributed by atoms with Crippen LogP contribution in [0.1, 0.15) is 18.1 Å². The molecule has 1 unspecified atom stereocenters. The fourth-order valence-electron chi connectivity index (χ4n) is 2.08. The highest BCUT2D eigenvalue weighted by Gasteiger charge is 2.26. The van der Waals surface area contributed by atoms with Gasteiger partial charge in [0.15, 0.2) is 11.5 Å². The zero-order valence-electron chi connectivity index (χ0n) is 11.7. The van der Waals surface area contributed by atoms with Crippen molar-refractivity contribution in [2.24, 2.45) is 0 Å². The minimum Gasteiger partial charge on any atom is -0.493 e. The first-order chi connectivity index (χ1) is 9.48. The highest BCUT2D eigenvalue weighted by molar-refractivity contribution is 9.10. The number of hydrogen-bond acceptors (Lipinski definition) is 3. The van der Waals surface area contributed by atoms with Crippen molar-refractivity contribution in [1.82, 2.24) is 0 Å². The zero-order valence-corrected chi connectivity index (χ0v) is 13.3. The Labute approximate surface area is 127 Å². The Bertz CT molecular complexity index is 591. The Morgan fingerprint density at radius 2 is 1.45 bits per heavy atom. The van der Waals surface area contributed by atoms with Gasteiger partial charge in [-0.1, -0.05) is 34.1 Å². The predicted molar refractivity (Wildman–Crippen MR) is 82.4 cm³/mol. The summed E-state index contributed by atoms with van der Waals surface area (Å²) in [5, 5.41) is 10.8. The highest BCUT2D eigenvalue weighted by Crippen LogP contribution is 2.35. The molecule has 3 nitrogen and oxygen atoms in total. The van der Waals surface area contributed by atoms with Crippen LogP contribution >= 0.6 is 15.9 Å². The van der Waals surface area contributed by atoms with Crippen molar-refractivity contribution in [1.29, 1.82) is 0 Å². The quantitative estimate of drug-likeness (QED) is 0.924. The molecule has 0 heterocycles. The Morgan fingerprint density at radius 1 is 0.900 bits per heavy atom. The van der Waals surface area contributed by atoms with Crippen LogP contribution in [-0.4, -0.2) is 19.3 Å². The Hall–Kier alpha value is -1.52. The average Bonchev–Trinajstić information content (AvgIpc) is 2.46. The van der Waals surface area contributed by atoms with Crippen molar-refractivity contribution >= 4 is 15.9 Å². The summed E-state index contributed by atoms with van der Waals surface area (Å²) in [6.07, 6.45) is 0. The molecule has 0 radical (unpaired) electrons. The summed E-state index contributed by atoms with van der Waals surface area (Å²) in [5.74, 6) is 1.24. The molecule has 0 aliphatic rings. The third kappa shape index (κ3) is 2.81. The van der Waals surface area contributed by atoms with Crippen LogP contribution in [-0.2, 0) is 5.60 Å². The molecule has 1 atom stereocenters. The molecule has 0 aliphatic heterocycles. The van der Waals surface area contributed by atoms with Crippen LogP contribution in [0.4, 0.5) is 0 Å². The second-order valence-corrected chi connectivity index (χ2v) is 5.56. The molecule has 106 valence electrons. The summed E-state index contributed by atoms with van der Waals surface area (Å²) in [5.41, 5.74) is 0.464. The zero-order chi connectivity index (χ0) is 14.8. The van der Waals surface area contributed by atoms with Gasteiger partial charge in [0, 0.05) is 4.47 Å². The maximum Gasteiger partial charge on any atom is 0.161 e. The van der Waals surface area contributed by atoms with E-state index in [1.165, 1.54) is 0 Å². The van der Waals surface area contributed by atoms with Crippen LogP contribution in [0.25, 0.3) is 0 Å². The molecular formula is C16H17BrO3. The molecule has 2 rings (SSSR count). The van der Waals surface area contributed by atoms with Crippen molar-refractivity contribution in [3.05, 3.63) is 58.1 Å². The molecule has 2 aromatic carbocycles. The van der Waals surface area contributed by atoms with E-state index in [4.69, 9.17) is 9.47 Å². The lowest BCUT2D eigenvalue weighted by molar-refractivity contribution is 0.102. The van der Waals surface area contributed by atoms with E-state index in [9.17, 15) is 5.11 Å². The number of hydrogen-bond donors (Lipinski definition) is 1. The summed E-state index contributed by atoms with van der Waals surface area (Å²) in [4.78, 5) is 0. The van der Waals surface area contributed by atoms with Crippen molar-refractivity contribution in [3.8, 4) is 11.5 Å². The number of benzene rings is 2. The van der Waals surface area contributed by atoms with E-state index < -0.39 is 5.60 Å². The van der Waals surface area contributed by atoms with Gasteiger partial charge in [0.1, 0.15) is 5.60 Å². The van der Waals surface area contributed by atoms with Gasteiger partial charge in [-0.3, -0.25) is 0 Å². The highest BCUT2D eigenvalue weighted by atomic mass is 79.9. The van der Waals surface area contributed by atoms with Crippen LogP contribution in [0.5, 0.6) is 11.5 Å². The lowest BCUT2D eigenvalue weighted by atomic mass is 9.88. The summed E-state index contributed by atoms with van der Waals surface area (Å²) in [6, 6.07) is 13.0. The maximum atomic E-state index is 10.8. The first-order valence-electron chi connectivity index (χ1n) is 6.20. The number of rotatable bonds is 4. The van der Waals surface area contributed by atoms with Gasteiger partial charge in [-0.2, -0.15) is 0 Å². The smallest absolute Gasteiger partial charge is 0.161 e. The topological polar surface area (TPSA) is 38.7 Å². The first-order valence-corrected chi connectivity index (χ1v) is 6.99. The minimum absolute atomic E-state index is 0.599. The fourth-order valence-corrected chi connectivity index (χ4v) is 2.34. The normalized spacial score (nSPS) is 13.7. The SMILES string of the molecule is COc1ccc(C(C)(O)c2ccc(Br)cc2)cc1OC. The predicted octanol–water partition coefficient (Wildman–Crippen LogP) is 3.72. The van der Waals surface area contributed by atoms with Crippen molar-refractivity contribution < 1.29 is 14.6 Å². The average molecular weight is 337 g/mol. The van der Waals surface area contributed by atoms with E-state index in [1.54, 1.807) is 33.3 Å². The van der Waals surface area contributed by atoms with Gasteiger partial charge in [0.25, 0.3) is 0 Å². The number of ether oxygens (including phenoxy) is 2. The van der Waals surface area contributed by atoms with Crippen molar-refractivity contribution in [3.63, 3.8) is 0 Å². The Morgan fingerprint density at radius 3 is 2.00 bits per heavy atom. The van der Waals surface area contributed by atoms with Crippen LogP contribution in [0.2, 0.25) is 0 Å². The van der Waals surface area contributed by atoms with Crippen LogP contribution < -0.4 is 9.47 Å². The molecule has 20 heavy (non-hydrogen) atoms. The Kier molecular flexibility index (Phi) is 4.35. The molecule has 4 heteroatoms. The second kappa shape index (κ2) is 5.85. The van der Waals surface area contributed by atoms with Gasteiger partial charge in [-0.05, 0) is 42.3 Å². The van der Waals surface area contributed by atoms with Crippen molar-refractivity contribution in [2.45, 2.75) is 12.5 Å². The van der Waals surface area contributed by atoms with Crippen LogP contribution in [0, 0.1) is 0 Å². The van der Waals surface area contributed by atoms with Gasteiger partial charge >= 0.3 is 0 Å². The third-order valence-corrected chi connectivity index (χ3v) is 3.88. The first kappa shape index (κ1) is 14.9. The molecule has 0 saturated carbocycles. The summed E-state index contributed by atoms with van der Waals surface area (Å²) in [6.45, 7) is 1.76. The molecule has 0 spiro atoms. The lowest BCUT2D eigenvalue weighted by Crippen LogP contribution is -2.22. The number of aliphatic hydroxyl groups is 1. The van der Waals surface area contributed by atoms with Crippen LogP contribution in [0.15, 0.2) is 46.9 Å². The van der Waals surface area contributed by atoms with E-state index in [0.717, 1.165) is 15.6 Å². The van der Waals surface area contributed by atoms with Crippen molar-refractivity contribution in [2.75, 3.05) is 14.2 Å².